The molecular formula is C42H41BrN10O11. The molecule has 21 nitrogen and oxygen atoms in total. The van der Waals surface area contributed by atoms with Crippen LogP contribution < -0.4 is 52.8 Å². The van der Waals surface area contributed by atoms with Gasteiger partial charge >= 0.3 is 22.8 Å². The highest BCUT2D eigenvalue weighted by atomic mass is 79.9. The van der Waals surface area contributed by atoms with Crippen molar-refractivity contribution in [2.24, 2.45) is 14.1 Å². The van der Waals surface area contributed by atoms with E-state index in [0.717, 1.165) is 9.13 Å². The van der Waals surface area contributed by atoms with Crippen LogP contribution >= 0.6 is 15.9 Å². The first kappa shape index (κ1) is 42.0. The molecule has 0 bridgehead atoms. The summed E-state index contributed by atoms with van der Waals surface area (Å²) in [6.07, 6.45) is 1.54. The lowest BCUT2D eigenvalue weighted by Crippen LogP contribution is -2.47. The summed E-state index contributed by atoms with van der Waals surface area (Å²) in [5, 5.41) is 11.3. The Labute approximate surface area is 368 Å². The predicted molar refractivity (Wildman–Crippen MR) is 235 cm³/mol. The lowest BCUT2D eigenvalue weighted by molar-refractivity contribution is 0.244. The molecule has 2 atom stereocenters. The lowest BCUT2D eigenvalue weighted by atomic mass is 9.90. The van der Waals surface area contributed by atoms with Crippen LogP contribution in [0.3, 0.4) is 0 Å². The van der Waals surface area contributed by atoms with Gasteiger partial charge in [-0.2, -0.15) is 0 Å². The minimum absolute atomic E-state index is 0.0750. The van der Waals surface area contributed by atoms with Crippen molar-refractivity contribution in [1.29, 1.82) is 0 Å². The SMILES string of the molecule is COc1cc2nc(CCn3c(=O)n4n(c3=O)C3Cn5c(=O)n(CCc6nc7cc(OC)c(OC)cc7n(C)c6=O)c(=O)n5C(c5cc(Br)ccc5O)C3=CC4)c(=O)n(C)c2cc1OC. The van der Waals surface area contributed by atoms with E-state index in [4.69, 9.17) is 18.9 Å². The van der Waals surface area contributed by atoms with Crippen molar-refractivity contribution in [3.63, 3.8) is 0 Å². The summed E-state index contributed by atoms with van der Waals surface area (Å²) in [5.74, 6) is 1.44. The van der Waals surface area contributed by atoms with Crippen molar-refractivity contribution in [2.45, 2.75) is 51.1 Å². The number of nitrogens with zero attached hydrogens (tertiary/aromatic N) is 10. The van der Waals surface area contributed by atoms with Crippen molar-refractivity contribution in [1.82, 2.24) is 47.0 Å². The third kappa shape index (κ3) is 6.41. The molecular weight excluding hydrogens is 900 g/mol. The molecule has 0 spiro atoms. The Kier molecular flexibility index (Phi) is 10.3. The number of benzene rings is 3. The molecule has 22 heteroatoms. The maximum Gasteiger partial charge on any atom is 0.348 e. The number of phenolic OH excluding ortho intramolecular Hbond substituents is 1. The van der Waals surface area contributed by atoms with Crippen LogP contribution in [0.1, 0.15) is 29.0 Å². The number of aromatic hydroxyl groups is 1. The van der Waals surface area contributed by atoms with Crippen molar-refractivity contribution < 1.29 is 24.1 Å². The third-order valence-electron chi connectivity index (χ3n) is 12.1. The summed E-state index contributed by atoms with van der Waals surface area (Å²) < 4.78 is 32.0. The number of aryl methyl sites for hydroxylation is 4. The zero-order valence-electron chi connectivity index (χ0n) is 35.4. The van der Waals surface area contributed by atoms with Crippen LogP contribution in [0.5, 0.6) is 28.7 Å². The first-order valence-corrected chi connectivity index (χ1v) is 20.8. The second-order valence-electron chi connectivity index (χ2n) is 15.3. The number of methoxy groups -OCH3 is 4. The molecule has 0 radical (unpaired) electrons. The van der Waals surface area contributed by atoms with Gasteiger partial charge < -0.3 is 33.2 Å². The molecule has 1 N–H and O–H groups in total. The van der Waals surface area contributed by atoms with Gasteiger partial charge in [-0.25, -0.2) is 57.0 Å². The number of ether oxygens (including phenoxy) is 4. The van der Waals surface area contributed by atoms with Gasteiger partial charge in [-0.1, -0.05) is 22.0 Å². The molecule has 64 heavy (non-hydrogen) atoms. The first-order valence-electron chi connectivity index (χ1n) is 20.0. The molecule has 332 valence electrons. The average molecular weight is 942 g/mol. The Morgan fingerprint density at radius 3 is 1.66 bits per heavy atom. The summed E-state index contributed by atoms with van der Waals surface area (Å²) in [4.78, 5) is 93.5. The first-order chi connectivity index (χ1) is 30.7. The van der Waals surface area contributed by atoms with Gasteiger partial charge in [0.05, 0.1) is 69.6 Å². The summed E-state index contributed by atoms with van der Waals surface area (Å²) in [5.41, 5.74) is -0.930. The normalized spacial score (nSPS) is 15.5. The molecule has 0 amide bonds. The predicted octanol–water partition coefficient (Wildman–Crippen LogP) is 1.20. The van der Waals surface area contributed by atoms with E-state index in [0.29, 0.717) is 55.1 Å². The minimum atomic E-state index is -1.11. The molecule has 3 aromatic carbocycles. The molecule has 4 aromatic heterocycles. The Balaban J connectivity index is 1.10. The van der Waals surface area contributed by atoms with Crippen LogP contribution in [-0.4, -0.2) is 80.5 Å². The topological polar surface area (TPSA) is 225 Å². The Morgan fingerprint density at radius 1 is 0.656 bits per heavy atom. The fourth-order valence-electron chi connectivity index (χ4n) is 8.84. The van der Waals surface area contributed by atoms with Crippen LogP contribution in [0.4, 0.5) is 0 Å². The Bertz CT molecular complexity index is 3510. The number of fused-ring (bicyclic) bond motifs is 6. The summed E-state index contributed by atoms with van der Waals surface area (Å²) in [7, 11) is 9.08. The smallest absolute Gasteiger partial charge is 0.348 e. The standard InChI is InChI=1S/C42H41BrN10O11/c1-46-28-18-34(63-5)32(61-3)16-26(28)44-24(37(46)55)10-12-48-39(57)50-14-9-22-30(52(50)41(48)59)20-51-40(58)49(42(60)53(51)36(22)23-15-21(43)7-8-31(23)54)13-11-25-38(56)47(2)29-19-35(64-6)33(62-4)17-27(29)45-25/h7-9,15-19,30,36,54H,10-14,20H2,1-6H3. The van der Waals surface area contributed by atoms with Gasteiger partial charge in [-0.05, 0) is 23.8 Å². The lowest BCUT2D eigenvalue weighted by Gasteiger charge is -2.37. The van der Waals surface area contributed by atoms with Gasteiger partial charge in [0.25, 0.3) is 11.1 Å². The van der Waals surface area contributed by atoms with Gasteiger partial charge in [0, 0.05) is 74.3 Å². The molecule has 0 aliphatic carbocycles. The number of phenols is 1. The number of aromatic nitrogens is 10. The van der Waals surface area contributed by atoms with E-state index >= 15 is 0 Å². The van der Waals surface area contributed by atoms with Crippen molar-refractivity contribution >= 4 is 38.0 Å². The molecule has 0 fully saturated rings. The highest BCUT2D eigenvalue weighted by Gasteiger charge is 2.42. The van der Waals surface area contributed by atoms with Crippen LogP contribution in [0.25, 0.3) is 22.1 Å². The van der Waals surface area contributed by atoms with E-state index < -0.39 is 46.0 Å². The van der Waals surface area contributed by atoms with Crippen LogP contribution in [0.2, 0.25) is 0 Å². The molecule has 2 aliphatic rings. The molecule has 2 unspecified atom stereocenters. The minimum Gasteiger partial charge on any atom is -0.508 e. The summed E-state index contributed by atoms with van der Waals surface area (Å²) in [6.45, 7) is -0.760. The second kappa shape index (κ2) is 15.8. The Morgan fingerprint density at radius 2 is 1.14 bits per heavy atom. The van der Waals surface area contributed by atoms with Crippen molar-refractivity contribution in [3.05, 3.63) is 138 Å². The zero-order valence-corrected chi connectivity index (χ0v) is 37.0. The highest BCUT2D eigenvalue weighted by molar-refractivity contribution is 9.10. The summed E-state index contributed by atoms with van der Waals surface area (Å²) >= 11 is 3.46. The third-order valence-corrected chi connectivity index (χ3v) is 12.6. The van der Waals surface area contributed by atoms with Gasteiger partial charge in [0.2, 0.25) is 0 Å². The average Bonchev–Trinajstić information content (AvgIpc) is 3.69. The largest absolute Gasteiger partial charge is 0.508 e. The van der Waals surface area contributed by atoms with Crippen LogP contribution in [-0.2, 0) is 53.1 Å². The fourth-order valence-corrected chi connectivity index (χ4v) is 9.22. The van der Waals surface area contributed by atoms with E-state index in [1.54, 1.807) is 56.6 Å². The van der Waals surface area contributed by atoms with Crippen molar-refractivity contribution in [2.75, 3.05) is 28.4 Å². The van der Waals surface area contributed by atoms with Gasteiger partial charge in [-0.3, -0.25) is 9.59 Å². The maximum atomic E-state index is 14.5. The fraction of sp³-hybridized carbons (Fsp3) is 0.333. The number of allylic oxidation sites excluding steroid dienone is 2. The van der Waals surface area contributed by atoms with E-state index in [1.807, 2.05) is 0 Å². The van der Waals surface area contributed by atoms with E-state index in [1.165, 1.54) is 62.4 Å². The quantitative estimate of drug-likeness (QED) is 0.180. The molecule has 6 heterocycles. The van der Waals surface area contributed by atoms with E-state index in [9.17, 15) is 33.9 Å². The molecule has 0 saturated carbocycles. The number of halogens is 1. The Hall–Kier alpha value is -7.36. The molecule has 7 aromatic rings. The van der Waals surface area contributed by atoms with Crippen LogP contribution in [0.15, 0.2) is 87.4 Å². The highest BCUT2D eigenvalue weighted by Crippen LogP contribution is 2.42. The number of hydrogen-bond donors (Lipinski definition) is 1. The second-order valence-corrected chi connectivity index (χ2v) is 16.3. The van der Waals surface area contributed by atoms with Crippen molar-refractivity contribution in [3.8, 4) is 28.7 Å². The number of rotatable bonds is 11. The van der Waals surface area contributed by atoms with Crippen LogP contribution in [0, 0.1) is 0 Å². The maximum absolute atomic E-state index is 14.5. The van der Waals surface area contributed by atoms with E-state index in [2.05, 4.69) is 25.9 Å². The molecule has 9 rings (SSSR count). The van der Waals surface area contributed by atoms with Gasteiger partial charge in [0.15, 0.2) is 23.0 Å². The zero-order chi connectivity index (χ0) is 45.5. The molecule has 0 saturated heterocycles. The summed E-state index contributed by atoms with van der Waals surface area (Å²) in [6, 6.07) is 9.14. The van der Waals surface area contributed by atoms with E-state index in [-0.39, 0.29) is 61.7 Å². The monoisotopic (exact) mass is 940 g/mol. The number of hydrogen-bond acceptors (Lipinski definition) is 13. The van der Waals surface area contributed by atoms with Gasteiger partial charge in [-0.15, -0.1) is 0 Å². The molecule has 2 aliphatic heterocycles. The van der Waals surface area contributed by atoms with Gasteiger partial charge in [0.1, 0.15) is 23.2 Å².